The number of anilines is 1. The Balaban J connectivity index is 1.25. The van der Waals surface area contributed by atoms with Crippen molar-refractivity contribution in [2.45, 2.75) is 12.5 Å². The SMILES string of the molecule is COc1cccc([C@H]2CCN2CCN2CCN(c3ccccc3)CC2)c1. The fourth-order valence-corrected chi connectivity index (χ4v) is 4.07. The minimum Gasteiger partial charge on any atom is -0.497 e. The van der Waals surface area contributed by atoms with Crippen LogP contribution < -0.4 is 9.64 Å². The highest BCUT2D eigenvalue weighted by atomic mass is 16.5. The molecule has 0 aliphatic carbocycles. The first-order valence-corrected chi connectivity index (χ1v) is 9.74. The molecular weight excluding hydrogens is 322 g/mol. The molecule has 4 nitrogen and oxygen atoms in total. The van der Waals surface area contributed by atoms with E-state index in [1.54, 1.807) is 7.11 Å². The summed E-state index contributed by atoms with van der Waals surface area (Å²) in [6.45, 7) is 8.12. The van der Waals surface area contributed by atoms with Crippen molar-refractivity contribution in [2.24, 2.45) is 0 Å². The Morgan fingerprint density at radius 3 is 2.38 bits per heavy atom. The maximum Gasteiger partial charge on any atom is 0.119 e. The van der Waals surface area contributed by atoms with Crippen LogP contribution >= 0.6 is 0 Å². The second-order valence-electron chi connectivity index (χ2n) is 7.28. The van der Waals surface area contributed by atoms with Crippen molar-refractivity contribution in [2.75, 3.05) is 57.8 Å². The Kier molecular flexibility index (Phi) is 5.42. The third-order valence-electron chi connectivity index (χ3n) is 5.81. The maximum atomic E-state index is 5.38. The Morgan fingerprint density at radius 2 is 1.69 bits per heavy atom. The molecule has 2 saturated heterocycles. The predicted molar refractivity (Wildman–Crippen MR) is 107 cm³/mol. The highest BCUT2D eigenvalue weighted by Gasteiger charge is 2.29. The number of piperazine rings is 1. The minimum absolute atomic E-state index is 0.565. The van der Waals surface area contributed by atoms with E-state index in [0.29, 0.717) is 6.04 Å². The van der Waals surface area contributed by atoms with E-state index < -0.39 is 0 Å². The summed E-state index contributed by atoms with van der Waals surface area (Å²) in [5.74, 6) is 0.964. The summed E-state index contributed by atoms with van der Waals surface area (Å²) in [5.41, 5.74) is 2.75. The van der Waals surface area contributed by atoms with Gasteiger partial charge in [0, 0.05) is 57.5 Å². The van der Waals surface area contributed by atoms with Gasteiger partial charge < -0.3 is 9.64 Å². The molecule has 2 aromatic rings. The zero-order chi connectivity index (χ0) is 17.8. The van der Waals surface area contributed by atoms with Gasteiger partial charge in [0.15, 0.2) is 0 Å². The number of para-hydroxylation sites is 1. The normalized spacial score (nSPS) is 21.4. The molecule has 26 heavy (non-hydrogen) atoms. The molecule has 0 unspecified atom stereocenters. The lowest BCUT2D eigenvalue weighted by Crippen LogP contribution is -2.50. The molecule has 138 valence electrons. The summed E-state index contributed by atoms with van der Waals surface area (Å²) >= 11 is 0. The number of rotatable bonds is 6. The first kappa shape index (κ1) is 17.4. The van der Waals surface area contributed by atoms with Gasteiger partial charge in [-0.3, -0.25) is 9.80 Å². The van der Waals surface area contributed by atoms with Crippen LogP contribution in [0.25, 0.3) is 0 Å². The van der Waals surface area contributed by atoms with Crippen molar-refractivity contribution < 1.29 is 4.74 Å². The van der Waals surface area contributed by atoms with Gasteiger partial charge in [0.25, 0.3) is 0 Å². The maximum absolute atomic E-state index is 5.38. The van der Waals surface area contributed by atoms with Gasteiger partial charge >= 0.3 is 0 Å². The number of benzene rings is 2. The van der Waals surface area contributed by atoms with E-state index in [2.05, 4.69) is 63.2 Å². The first-order chi connectivity index (χ1) is 12.8. The molecule has 2 fully saturated rings. The molecular formula is C22H29N3O. The van der Waals surface area contributed by atoms with Gasteiger partial charge in [-0.25, -0.2) is 0 Å². The predicted octanol–water partition coefficient (Wildman–Crippen LogP) is 3.26. The molecule has 2 aliphatic rings. The molecule has 4 heteroatoms. The summed E-state index contributed by atoms with van der Waals surface area (Å²) in [4.78, 5) is 7.72. The quantitative estimate of drug-likeness (QED) is 0.795. The third kappa shape index (κ3) is 3.87. The lowest BCUT2D eigenvalue weighted by atomic mass is 9.94. The summed E-state index contributed by atoms with van der Waals surface area (Å²) in [5, 5.41) is 0. The van der Waals surface area contributed by atoms with Gasteiger partial charge in [-0.2, -0.15) is 0 Å². The molecule has 0 aromatic heterocycles. The van der Waals surface area contributed by atoms with Crippen molar-refractivity contribution in [1.29, 1.82) is 0 Å². The van der Waals surface area contributed by atoms with Crippen molar-refractivity contribution >= 4 is 5.69 Å². The van der Waals surface area contributed by atoms with Gasteiger partial charge in [0.1, 0.15) is 5.75 Å². The molecule has 0 N–H and O–H groups in total. The fraction of sp³-hybridized carbons (Fsp3) is 0.455. The highest BCUT2D eigenvalue weighted by Crippen LogP contribution is 2.34. The van der Waals surface area contributed by atoms with E-state index in [-0.39, 0.29) is 0 Å². The second-order valence-corrected chi connectivity index (χ2v) is 7.28. The molecule has 4 rings (SSSR count). The summed E-state index contributed by atoms with van der Waals surface area (Å²) < 4.78 is 5.38. The van der Waals surface area contributed by atoms with Gasteiger partial charge in [0.05, 0.1) is 7.11 Å². The van der Waals surface area contributed by atoms with Crippen LogP contribution in [0.4, 0.5) is 5.69 Å². The number of methoxy groups -OCH3 is 1. The van der Waals surface area contributed by atoms with Gasteiger partial charge in [0.2, 0.25) is 0 Å². The van der Waals surface area contributed by atoms with E-state index in [9.17, 15) is 0 Å². The topological polar surface area (TPSA) is 19.0 Å². The van der Waals surface area contributed by atoms with Crippen LogP contribution in [-0.2, 0) is 0 Å². The monoisotopic (exact) mass is 351 g/mol. The van der Waals surface area contributed by atoms with Gasteiger partial charge in [-0.1, -0.05) is 30.3 Å². The smallest absolute Gasteiger partial charge is 0.119 e. The Hall–Kier alpha value is -2.04. The van der Waals surface area contributed by atoms with Crippen molar-refractivity contribution in [3.05, 3.63) is 60.2 Å². The lowest BCUT2D eigenvalue weighted by Gasteiger charge is -2.43. The molecule has 0 bridgehead atoms. The van der Waals surface area contributed by atoms with Crippen LogP contribution in [0.1, 0.15) is 18.0 Å². The largest absolute Gasteiger partial charge is 0.497 e. The molecule has 0 saturated carbocycles. The Morgan fingerprint density at radius 1 is 0.885 bits per heavy atom. The second kappa shape index (κ2) is 8.11. The van der Waals surface area contributed by atoms with Crippen LogP contribution in [-0.4, -0.2) is 62.7 Å². The van der Waals surface area contributed by atoms with Crippen molar-refractivity contribution in [3.8, 4) is 5.75 Å². The first-order valence-electron chi connectivity index (χ1n) is 9.74. The van der Waals surface area contributed by atoms with Crippen LogP contribution in [0.5, 0.6) is 5.75 Å². The number of ether oxygens (including phenoxy) is 1. The zero-order valence-electron chi connectivity index (χ0n) is 15.7. The van der Waals surface area contributed by atoms with Crippen molar-refractivity contribution in [3.63, 3.8) is 0 Å². The summed E-state index contributed by atoms with van der Waals surface area (Å²) in [6, 6.07) is 19.9. The average molecular weight is 351 g/mol. The van der Waals surface area contributed by atoms with Crippen LogP contribution in [0.3, 0.4) is 0 Å². The highest BCUT2D eigenvalue weighted by molar-refractivity contribution is 5.46. The van der Waals surface area contributed by atoms with E-state index in [1.165, 1.54) is 30.8 Å². The molecule has 0 spiro atoms. The van der Waals surface area contributed by atoms with E-state index in [0.717, 1.165) is 38.5 Å². The molecule has 2 aliphatic heterocycles. The number of hydrogen-bond donors (Lipinski definition) is 0. The van der Waals surface area contributed by atoms with Gasteiger partial charge in [-0.15, -0.1) is 0 Å². The van der Waals surface area contributed by atoms with Crippen LogP contribution in [0.2, 0.25) is 0 Å². The fourth-order valence-electron chi connectivity index (χ4n) is 4.07. The molecule has 1 atom stereocenters. The van der Waals surface area contributed by atoms with E-state index >= 15 is 0 Å². The minimum atomic E-state index is 0.565. The van der Waals surface area contributed by atoms with Crippen LogP contribution in [0, 0.1) is 0 Å². The molecule has 2 heterocycles. The molecule has 0 radical (unpaired) electrons. The van der Waals surface area contributed by atoms with E-state index in [4.69, 9.17) is 4.74 Å². The Labute approximate surface area is 157 Å². The number of hydrogen-bond acceptors (Lipinski definition) is 4. The average Bonchev–Trinajstić information content (AvgIpc) is 2.69. The van der Waals surface area contributed by atoms with Gasteiger partial charge in [-0.05, 0) is 36.2 Å². The standard InChI is InChI=1S/C22H29N3O/c1-26-21-9-5-6-19(18-21)22-10-11-25(22)17-14-23-12-15-24(16-13-23)20-7-3-2-4-8-20/h2-9,18,22H,10-17H2,1H3/t22-/m1/s1. The lowest BCUT2D eigenvalue weighted by molar-refractivity contribution is 0.0741. The molecule has 2 aromatic carbocycles. The number of likely N-dealkylation sites (tertiary alicyclic amines) is 1. The van der Waals surface area contributed by atoms with Crippen molar-refractivity contribution in [1.82, 2.24) is 9.80 Å². The van der Waals surface area contributed by atoms with Crippen LogP contribution in [0.15, 0.2) is 54.6 Å². The number of nitrogens with zero attached hydrogens (tertiary/aromatic N) is 3. The molecule has 0 amide bonds. The third-order valence-corrected chi connectivity index (χ3v) is 5.81. The van der Waals surface area contributed by atoms with E-state index in [1.807, 2.05) is 6.07 Å². The summed E-state index contributed by atoms with van der Waals surface area (Å²) in [6.07, 6.45) is 1.26. The zero-order valence-corrected chi connectivity index (χ0v) is 15.7. The Bertz CT molecular complexity index is 698. The summed E-state index contributed by atoms with van der Waals surface area (Å²) in [7, 11) is 1.74.